The fraction of sp³-hybridized carbons (Fsp3) is 0.385. The molecule has 2 aromatic carbocycles. The van der Waals surface area contributed by atoms with Gasteiger partial charge in [-0.1, -0.05) is 49.6 Å². The molecule has 0 radical (unpaired) electrons. The molecule has 1 spiro atoms. The summed E-state index contributed by atoms with van der Waals surface area (Å²) >= 11 is 0. The topological polar surface area (TPSA) is 105 Å². The lowest BCUT2D eigenvalue weighted by molar-refractivity contribution is -0.156. The van der Waals surface area contributed by atoms with E-state index in [4.69, 9.17) is 9.47 Å². The molecule has 9 heteroatoms. The minimum atomic E-state index is -1.26. The maximum atomic E-state index is 13.2. The normalized spacial score (nSPS) is 17.9. The van der Waals surface area contributed by atoms with E-state index in [0.717, 1.165) is 24.2 Å². The first-order chi connectivity index (χ1) is 16.9. The zero-order valence-corrected chi connectivity index (χ0v) is 19.9. The van der Waals surface area contributed by atoms with Crippen LogP contribution in [-0.2, 0) is 19.1 Å². The highest BCUT2D eigenvalue weighted by Crippen LogP contribution is 2.39. The van der Waals surface area contributed by atoms with E-state index in [2.05, 4.69) is 5.32 Å². The third-order valence-electron chi connectivity index (χ3n) is 6.72. The molecular formula is C26H29N3O6. The van der Waals surface area contributed by atoms with Crippen LogP contribution in [0.3, 0.4) is 0 Å². The zero-order valence-electron chi connectivity index (χ0n) is 19.9. The fourth-order valence-electron chi connectivity index (χ4n) is 4.75. The molecule has 1 N–H and O–H groups in total. The van der Waals surface area contributed by atoms with Gasteiger partial charge in [0.05, 0.1) is 7.11 Å². The Labute approximate surface area is 204 Å². The van der Waals surface area contributed by atoms with E-state index < -0.39 is 36.1 Å². The highest BCUT2D eigenvalue weighted by Gasteiger charge is 2.56. The van der Waals surface area contributed by atoms with Gasteiger partial charge in [-0.2, -0.15) is 0 Å². The van der Waals surface area contributed by atoms with Crippen molar-refractivity contribution in [3.05, 3.63) is 60.2 Å². The van der Waals surface area contributed by atoms with Crippen LogP contribution in [-0.4, -0.2) is 59.9 Å². The van der Waals surface area contributed by atoms with Crippen LogP contribution in [0.2, 0.25) is 0 Å². The second kappa shape index (κ2) is 10.2. The van der Waals surface area contributed by atoms with Gasteiger partial charge in [-0.05, 0) is 37.1 Å². The first kappa shape index (κ1) is 24.3. The van der Waals surface area contributed by atoms with Gasteiger partial charge in [0, 0.05) is 18.3 Å². The van der Waals surface area contributed by atoms with Crippen LogP contribution in [0.15, 0.2) is 54.6 Å². The lowest BCUT2D eigenvalue weighted by Crippen LogP contribution is -2.49. The Kier molecular flexibility index (Phi) is 7.04. The van der Waals surface area contributed by atoms with Gasteiger partial charge in [-0.3, -0.25) is 19.3 Å². The molecular weight excluding hydrogens is 450 g/mol. The Hall–Kier alpha value is -3.88. The molecule has 1 saturated carbocycles. The molecule has 9 nitrogen and oxygen atoms in total. The fourth-order valence-corrected chi connectivity index (χ4v) is 4.75. The number of imide groups is 1. The van der Waals surface area contributed by atoms with E-state index in [1.54, 1.807) is 68.8 Å². The molecule has 1 unspecified atom stereocenters. The number of anilines is 1. The number of carbonyl (C=O) groups excluding carboxylic acids is 4. The van der Waals surface area contributed by atoms with Crippen molar-refractivity contribution >= 4 is 29.5 Å². The van der Waals surface area contributed by atoms with Crippen molar-refractivity contribution in [3.63, 3.8) is 0 Å². The largest absolute Gasteiger partial charge is 0.497 e. The second-order valence-electron chi connectivity index (χ2n) is 8.82. The van der Waals surface area contributed by atoms with Crippen LogP contribution in [0.25, 0.3) is 0 Å². The van der Waals surface area contributed by atoms with Crippen molar-refractivity contribution in [3.8, 4) is 5.75 Å². The number of esters is 1. The van der Waals surface area contributed by atoms with E-state index in [1.165, 1.54) is 4.90 Å². The van der Waals surface area contributed by atoms with Crippen LogP contribution in [0, 0.1) is 0 Å². The average Bonchev–Trinajstić information content (AvgIpc) is 3.05. The predicted molar refractivity (Wildman–Crippen MR) is 128 cm³/mol. The van der Waals surface area contributed by atoms with Crippen molar-refractivity contribution in [2.24, 2.45) is 0 Å². The minimum absolute atomic E-state index is 0.374. The molecule has 4 amide bonds. The molecule has 2 aromatic rings. The molecule has 2 fully saturated rings. The summed E-state index contributed by atoms with van der Waals surface area (Å²) in [5, 5.41) is 2.73. The second-order valence-corrected chi connectivity index (χ2v) is 8.82. The van der Waals surface area contributed by atoms with Crippen LogP contribution < -0.4 is 10.1 Å². The van der Waals surface area contributed by atoms with Crippen molar-refractivity contribution in [1.29, 1.82) is 0 Å². The molecule has 0 bridgehead atoms. The van der Waals surface area contributed by atoms with Gasteiger partial charge in [-0.25, -0.2) is 4.79 Å². The molecule has 1 atom stereocenters. The molecule has 1 saturated heterocycles. The number of hydrogen-bond acceptors (Lipinski definition) is 6. The summed E-state index contributed by atoms with van der Waals surface area (Å²) in [5.74, 6) is -1.14. The number of amides is 4. The smallest absolute Gasteiger partial charge is 0.327 e. The first-order valence-electron chi connectivity index (χ1n) is 11.6. The summed E-state index contributed by atoms with van der Waals surface area (Å²) in [6, 6.07) is 14.8. The Morgan fingerprint density at radius 3 is 2.29 bits per heavy atom. The summed E-state index contributed by atoms with van der Waals surface area (Å²) in [6.07, 6.45) is 2.61. The Bertz CT molecular complexity index is 1100. The highest BCUT2D eigenvalue weighted by molar-refractivity contribution is 6.08. The van der Waals surface area contributed by atoms with Gasteiger partial charge in [0.15, 0.2) is 0 Å². The monoisotopic (exact) mass is 479 g/mol. The number of benzene rings is 2. The minimum Gasteiger partial charge on any atom is -0.497 e. The van der Waals surface area contributed by atoms with Crippen molar-refractivity contribution in [1.82, 2.24) is 9.80 Å². The number of urea groups is 1. The van der Waals surface area contributed by atoms with Crippen molar-refractivity contribution in [2.75, 3.05) is 26.0 Å². The van der Waals surface area contributed by atoms with Gasteiger partial charge in [0.25, 0.3) is 11.8 Å². The number of carbonyl (C=O) groups is 4. The van der Waals surface area contributed by atoms with Crippen molar-refractivity contribution in [2.45, 2.75) is 43.7 Å². The predicted octanol–water partition coefficient (Wildman–Crippen LogP) is 3.52. The Morgan fingerprint density at radius 1 is 1.00 bits per heavy atom. The molecule has 35 heavy (non-hydrogen) atoms. The molecule has 1 aliphatic heterocycles. The maximum absolute atomic E-state index is 13.2. The SMILES string of the molecule is COc1ccc(NC(=O)C(OC(=O)CN2C(=O)N(C)C3(CCCCC3)C2=O)c2ccccc2)cc1. The van der Waals surface area contributed by atoms with E-state index in [-0.39, 0.29) is 5.91 Å². The number of likely N-dealkylation sites (N-methyl/N-ethyl adjacent to an activating group) is 1. The van der Waals surface area contributed by atoms with Crippen LogP contribution in [0.1, 0.15) is 43.8 Å². The third-order valence-corrected chi connectivity index (χ3v) is 6.72. The first-order valence-corrected chi connectivity index (χ1v) is 11.6. The molecule has 1 heterocycles. The van der Waals surface area contributed by atoms with Gasteiger partial charge >= 0.3 is 12.0 Å². The standard InChI is InChI=1S/C26H29N3O6/c1-28-25(33)29(24(32)26(28)15-7-4-8-16-26)17-21(30)35-22(18-9-5-3-6-10-18)23(31)27-19-11-13-20(34-2)14-12-19/h3,5-6,9-14,22H,4,7-8,15-17H2,1-2H3,(H,27,31). The van der Waals surface area contributed by atoms with Crippen molar-refractivity contribution < 1.29 is 28.7 Å². The number of nitrogens with one attached hydrogen (secondary N) is 1. The van der Waals surface area contributed by atoms with E-state index >= 15 is 0 Å². The number of hydrogen-bond donors (Lipinski definition) is 1. The summed E-state index contributed by atoms with van der Waals surface area (Å²) in [5.41, 5.74) is 0.0746. The Morgan fingerprint density at radius 2 is 1.66 bits per heavy atom. The number of rotatable bonds is 7. The quantitative estimate of drug-likeness (QED) is 0.481. The van der Waals surface area contributed by atoms with E-state index in [1.807, 2.05) is 0 Å². The molecule has 0 aromatic heterocycles. The van der Waals surface area contributed by atoms with E-state index in [9.17, 15) is 19.2 Å². The zero-order chi connectivity index (χ0) is 25.0. The van der Waals surface area contributed by atoms with Gasteiger partial charge in [-0.15, -0.1) is 0 Å². The summed E-state index contributed by atoms with van der Waals surface area (Å²) in [4.78, 5) is 54.4. The molecule has 1 aliphatic carbocycles. The van der Waals surface area contributed by atoms with Crippen LogP contribution in [0.4, 0.5) is 10.5 Å². The van der Waals surface area contributed by atoms with E-state index in [0.29, 0.717) is 29.8 Å². The maximum Gasteiger partial charge on any atom is 0.327 e. The average molecular weight is 480 g/mol. The van der Waals surface area contributed by atoms with Crippen LogP contribution >= 0.6 is 0 Å². The summed E-state index contributed by atoms with van der Waals surface area (Å²) in [6.45, 7) is -0.553. The number of methoxy groups -OCH3 is 1. The number of nitrogens with zero attached hydrogens (tertiary/aromatic N) is 2. The molecule has 184 valence electrons. The van der Waals surface area contributed by atoms with Gasteiger partial charge < -0.3 is 19.7 Å². The third kappa shape index (κ3) is 4.84. The molecule has 4 rings (SSSR count). The lowest BCUT2D eigenvalue weighted by atomic mass is 9.81. The number of ether oxygens (including phenoxy) is 2. The molecule has 2 aliphatic rings. The van der Waals surface area contributed by atoms with Crippen LogP contribution in [0.5, 0.6) is 5.75 Å². The highest BCUT2D eigenvalue weighted by atomic mass is 16.5. The van der Waals surface area contributed by atoms with Gasteiger partial charge in [0.2, 0.25) is 6.10 Å². The Balaban J connectivity index is 1.49. The summed E-state index contributed by atoms with van der Waals surface area (Å²) in [7, 11) is 3.15. The lowest BCUT2D eigenvalue weighted by Gasteiger charge is -2.35. The van der Waals surface area contributed by atoms with Gasteiger partial charge in [0.1, 0.15) is 17.8 Å². The summed E-state index contributed by atoms with van der Waals surface area (Å²) < 4.78 is 10.7.